The predicted molar refractivity (Wildman–Crippen MR) is 88.3 cm³/mol. The van der Waals surface area contributed by atoms with Crippen LogP contribution in [-0.4, -0.2) is 75.4 Å². The summed E-state index contributed by atoms with van der Waals surface area (Å²) in [6.07, 6.45) is 0. The van der Waals surface area contributed by atoms with Gasteiger partial charge in [0.15, 0.2) is 5.82 Å². The largest absolute Gasteiger partial charge is 0.481 e. The average Bonchev–Trinajstić information content (AvgIpc) is 2.61. The van der Waals surface area contributed by atoms with Gasteiger partial charge in [-0.05, 0) is 12.6 Å². The van der Waals surface area contributed by atoms with Gasteiger partial charge in [-0.15, -0.1) is 0 Å². The highest BCUT2D eigenvalue weighted by Crippen LogP contribution is 2.33. The summed E-state index contributed by atoms with van der Waals surface area (Å²) in [7, 11) is 3.58. The summed E-state index contributed by atoms with van der Waals surface area (Å²) in [5.41, 5.74) is 0.839. The zero-order valence-electron chi connectivity index (χ0n) is 14.0. The smallest absolute Gasteiger partial charge is 0.246 e. The van der Waals surface area contributed by atoms with Crippen LogP contribution in [0.1, 0.15) is 6.92 Å². The van der Waals surface area contributed by atoms with Gasteiger partial charge < -0.3 is 19.3 Å². The molecule has 0 bridgehead atoms. The number of carbonyl (C=O) groups is 1. The van der Waals surface area contributed by atoms with E-state index in [1.54, 1.807) is 13.2 Å². The molecule has 1 aromatic heterocycles. The number of carbonyl (C=O) groups excluding carboxylic acids is 1. The van der Waals surface area contributed by atoms with Gasteiger partial charge in [-0.3, -0.25) is 9.69 Å². The predicted octanol–water partition coefficient (Wildman–Crippen LogP) is 0.594. The molecule has 3 heterocycles. The number of anilines is 2. The van der Waals surface area contributed by atoms with E-state index in [0.29, 0.717) is 25.6 Å². The van der Waals surface area contributed by atoms with Crippen LogP contribution in [0.2, 0.25) is 0 Å². The summed E-state index contributed by atoms with van der Waals surface area (Å²) in [5.74, 6) is 1.43. The number of pyridine rings is 1. The zero-order chi connectivity index (χ0) is 16.4. The number of nitrogens with zero attached hydrogens (tertiary/aromatic N) is 4. The number of hydrogen-bond donors (Lipinski definition) is 0. The summed E-state index contributed by atoms with van der Waals surface area (Å²) in [5, 5.41) is 0. The lowest BCUT2D eigenvalue weighted by molar-refractivity contribution is -0.129. The Kier molecular flexibility index (Phi) is 4.68. The number of hydrogen-bond acceptors (Lipinski definition) is 6. The van der Waals surface area contributed by atoms with Crippen LogP contribution in [0.5, 0.6) is 5.88 Å². The van der Waals surface area contributed by atoms with E-state index in [0.717, 1.165) is 31.1 Å². The maximum absolute atomic E-state index is 13.1. The Morgan fingerprint density at radius 1 is 1.39 bits per heavy atom. The first-order valence-corrected chi connectivity index (χ1v) is 8.05. The third-order valence-corrected chi connectivity index (χ3v) is 4.55. The molecule has 1 unspecified atom stereocenters. The SMILES string of the molecule is CCN1CCOCC1C(=O)N1CCN(C)c2nc(OC)ccc21. The van der Waals surface area contributed by atoms with Crippen LogP contribution in [0.3, 0.4) is 0 Å². The quantitative estimate of drug-likeness (QED) is 0.813. The molecule has 7 heteroatoms. The van der Waals surface area contributed by atoms with Crippen LogP contribution in [-0.2, 0) is 9.53 Å². The Hall–Kier alpha value is -1.86. The number of fused-ring (bicyclic) bond motifs is 1. The molecule has 2 aliphatic heterocycles. The lowest BCUT2D eigenvalue weighted by Crippen LogP contribution is -2.56. The molecule has 1 atom stereocenters. The van der Waals surface area contributed by atoms with Crippen LogP contribution < -0.4 is 14.5 Å². The number of rotatable bonds is 3. The number of ether oxygens (including phenoxy) is 2. The molecular weight excluding hydrogens is 296 g/mol. The van der Waals surface area contributed by atoms with Crippen LogP contribution in [0.4, 0.5) is 11.5 Å². The maximum Gasteiger partial charge on any atom is 0.246 e. The third kappa shape index (κ3) is 2.98. The minimum absolute atomic E-state index is 0.0906. The van der Waals surface area contributed by atoms with E-state index in [1.165, 1.54) is 0 Å². The van der Waals surface area contributed by atoms with Crippen molar-refractivity contribution in [1.29, 1.82) is 0 Å². The van der Waals surface area contributed by atoms with Crippen molar-refractivity contribution in [2.24, 2.45) is 0 Å². The van der Waals surface area contributed by atoms with E-state index in [4.69, 9.17) is 9.47 Å². The van der Waals surface area contributed by atoms with Crippen LogP contribution in [0.25, 0.3) is 0 Å². The summed E-state index contributed by atoms with van der Waals surface area (Å²) >= 11 is 0. The molecule has 1 fully saturated rings. The van der Waals surface area contributed by atoms with E-state index in [1.807, 2.05) is 18.0 Å². The van der Waals surface area contributed by atoms with Crippen LogP contribution in [0, 0.1) is 0 Å². The fourth-order valence-electron chi connectivity index (χ4n) is 3.16. The molecule has 0 saturated carbocycles. The van der Waals surface area contributed by atoms with Gasteiger partial charge in [0.2, 0.25) is 11.8 Å². The molecule has 0 aliphatic carbocycles. The molecule has 0 N–H and O–H groups in total. The third-order valence-electron chi connectivity index (χ3n) is 4.55. The second kappa shape index (κ2) is 6.72. The summed E-state index contributed by atoms with van der Waals surface area (Å²) < 4.78 is 10.7. The van der Waals surface area contributed by atoms with Gasteiger partial charge in [0.1, 0.15) is 6.04 Å². The minimum atomic E-state index is -0.216. The van der Waals surface area contributed by atoms with Crippen molar-refractivity contribution in [3.8, 4) is 5.88 Å². The molecule has 3 rings (SSSR count). The summed E-state index contributed by atoms with van der Waals surface area (Å²) in [6.45, 7) is 6.28. The normalized spacial score (nSPS) is 22.0. The lowest BCUT2D eigenvalue weighted by atomic mass is 10.1. The number of morpholine rings is 1. The molecule has 0 radical (unpaired) electrons. The van der Waals surface area contributed by atoms with E-state index in [2.05, 4.69) is 21.7 Å². The van der Waals surface area contributed by atoms with Gasteiger partial charge in [-0.25, -0.2) is 0 Å². The van der Waals surface area contributed by atoms with E-state index < -0.39 is 0 Å². The molecule has 7 nitrogen and oxygen atoms in total. The van der Waals surface area contributed by atoms with Crippen molar-refractivity contribution in [3.05, 3.63) is 12.1 Å². The van der Waals surface area contributed by atoms with Crippen molar-refractivity contribution in [2.75, 3.05) is 63.4 Å². The zero-order valence-corrected chi connectivity index (χ0v) is 14.0. The summed E-state index contributed by atoms with van der Waals surface area (Å²) in [4.78, 5) is 23.6. The number of likely N-dealkylation sites (N-methyl/N-ethyl adjacent to an activating group) is 2. The Labute approximate surface area is 136 Å². The highest BCUT2D eigenvalue weighted by molar-refractivity contribution is 6.00. The molecule has 2 aliphatic rings. The molecule has 1 aromatic rings. The van der Waals surface area contributed by atoms with Gasteiger partial charge in [-0.2, -0.15) is 4.98 Å². The topological polar surface area (TPSA) is 58.1 Å². The highest BCUT2D eigenvalue weighted by atomic mass is 16.5. The molecule has 0 spiro atoms. The fraction of sp³-hybridized carbons (Fsp3) is 0.625. The Bertz CT molecular complexity index is 580. The number of aromatic nitrogens is 1. The second-order valence-electron chi connectivity index (χ2n) is 5.83. The first-order valence-electron chi connectivity index (χ1n) is 8.05. The average molecular weight is 320 g/mol. The van der Waals surface area contributed by atoms with Gasteiger partial charge in [0.05, 0.1) is 26.0 Å². The van der Waals surface area contributed by atoms with Gasteiger partial charge >= 0.3 is 0 Å². The van der Waals surface area contributed by atoms with Crippen molar-refractivity contribution in [2.45, 2.75) is 13.0 Å². The van der Waals surface area contributed by atoms with E-state index in [9.17, 15) is 4.79 Å². The van der Waals surface area contributed by atoms with E-state index in [-0.39, 0.29) is 11.9 Å². The first kappa shape index (κ1) is 16.0. The summed E-state index contributed by atoms with van der Waals surface area (Å²) in [6, 6.07) is 3.49. The number of methoxy groups -OCH3 is 1. The van der Waals surface area contributed by atoms with Gasteiger partial charge in [0.25, 0.3) is 0 Å². The van der Waals surface area contributed by atoms with Gasteiger partial charge in [0, 0.05) is 32.7 Å². The van der Waals surface area contributed by atoms with E-state index >= 15 is 0 Å². The van der Waals surface area contributed by atoms with Crippen LogP contribution >= 0.6 is 0 Å². The fourth-order valence-corrected chi connectivity index (χ4v) is 3.16. The highest BCUT2D eigenvalue weighted by Gasteiger charge is 2.35. The molecular formula is C16H24N4O3. The van der Waals surface area contributed by atoms with Crippen molar-refractivity contribution in [3.63, 3.8) is 0 Å². The molecule has 0 aromatic carbocycles. The van der Waals surface area contributed by atoms with Crippen molar-refractivity contribution < 1.29 is 14.3 Å². The van der Waals surface area contributed by atoms with Gasteiger partial charge in [-0.1, -0.05) is 6.92 Å². The Balaban J connectivity index is 1.89. The molecule has 23 heavy (non-hydrogen) atoms. The second-order valence-corrected chi connectivity index (χ2v) is 5.83. The van der Waals surface area contributed by atoms with Crippen LogP contribution in [0.15, 0.2) is 12.1 Å². The van der Waals surface area contributed by atoms with Crippen molar-refractivity contribution in [1.82, 2.24) is 9.88 Å². The number of amides is 1. The van der Waals surface area contributed by atoms with Crippen molar-refractivity contribution >= 4 is 17.4 Å². The first-order chi connectivity index (χ1) is 11.2. The molecule has 1 saturated heterocycles. The Morgan fingerprint density at radius 2 is 2.22 bits per heavy atom. The molecule has 126 valence electrons. The monoisotopic (exact) mass is 320 g/mol. The molecule has 1 amide bonds. The standard InChI is InChI=1S/C16H24N4O3/c1-4-19-9-10-23-11-13(19)16(21)20-8-7-18(2)15-12(20)5-6-14(17-15)22-3/h5-6,13H,4,7-11H2,1-3H3. The lowest BCUT2D eigenvalue weighted by Gasteiger charge is -2.40. The minimum Gasteiger partial charge on any atom is -0.481 e. The maximum atomic E-state index is 13.1. The Morgan fingerprint density at radius 3 is 2.96 bits per heavy atom.